The van der Waals surface area contributed by atoms with Gasteiger partial charge >= 0.3 is 0 Å². The zero-order chi connectivity index (χ0) is 29.0. The number of rotatable bonds is 12. The smallest absolute Gasteiger partial charge is 0.266 e. The summed E-state index contributed by atoms with van der Waals surface area (Å²) in [5, 5.41) is 12.1. The van der Waals surface area contributed by atoms with E-state index in [9.17, 15) is 14.4 Å². The zero-order valence-corrected chi connectivity index (χ0v) is 22.7. The highest BCUT2D eigenvalue weighted by atomic mass is 19.1. The molecule has 1 amide bonds. The van der Waals surface area contributed by atoms with Crippen molar-refractivity contribution in [2.24, 2.45) is 0 Å². The van der Waals surface area contributed by atoms with E-state index in [1.807, 2.05) is 61.5 Å². The van der Waals surface area contributed by atoms with E-state index in [0.717, 1.165) is 11.1 Å². The first-order valence-corrected chi connectivity index (χ1v) is 12.9. The summed E-state index contributed by atoms with van der Waals surface area (Å²) in [5.74, 6) is 1.15. The van der Waals surface area contributed by atoms with Crippen LogP contribution in [0.1, 0.15) is 23.6 Å². The predicted molar refractivity (Wildman–Crippen MR) is 154 cm³/mol. The molecule has 0 bridgehead atoms. The summed E-state index contributed by atoms with van der Waals surface area (Å²) in [5.41, 5.74) is 2.75. The van der Waals surface area contributed by atoms with E-state index in [2.05, 4.69) is 5.32 Å². The van der Waals surface area contributed by atoms with E-state index >= 15 is 0 Å². The standard InChI is InChI=1S/C33H29FN2O5/c1-3-39-32-19-25(10-16-30(32)40-21-23-7-5-4-6-8-23)22-41-29-15-9-24(18-31(29)38-2)17-26(20-35)33(37)36-28-13-11-27(34)12-14-28/h4-19H,3,21-22H2,1-2H3,(H,36,37)/b26-17+. The Morgan fingerprint density at radius 1 is 0.829 bits per heavy atom. The van der Waals surface area contributed by atoms with Crippen molar-refractivity contribution in [3.8, 4) is 29.1 Å². The Bertz CT molecular complexity index is 1550. The van der Waals surface area contributed by atoms with Gasteiger partial charge in [-0.1, -0.05) is 42.5 Å². The normalized spacial score (nSPS) is 10.8. The van der Waals surface area contributed by atoms with Gasteiger partial charge in [-0.05, 0) is 78.2 Å². The van der Waals surface area contributed by atoms with Crippen LogP contribution in [0.2, 0.25) is 0 Å². The van der Waals surface area contributed by atoms with Crippen molar-refractivity contribution in [2.75, 3.05) is 19.0 Å². The quantitative estimate of drug-likeness (QED) is 0.151. The number of hydrogen-bond acceptors (Lipinski definition) is 6. The number of hydrogen-bond donors (Lipinski definition) is 1. The number of benzene rings is 4. The van der Waals surface area contributed by atoms with Crippen molar-refractivity contribution in [1.82, 2.24) is 0 Å². The monoisotopic (exact) mass is 552 g/mol. The first-order valence-electron chi connectivity index (χ1n) is 12.9. The van der Waals surface area contributed by atoms with E-state index in [1.54, 1.807) is 18.2 Å². The maximum Gasteiger partial charge on any atom is 0.266 e. The lowest BCUT2D eigenvalue weighted by atomic mass is 10.1. The highest BCUT2D eigenvalue weighted by Gasteiger charge is 2.13. The van der Waals surface area contributed by atoms with Gasteiger partial charge in [0.25, 0.3) is 5.91 Å². The van der Waals surface area contributed by atoms with Crippen LogP contribution in [-0.2, 0) is 18.0 Å². The Balaban J connectivity index is 1.43. The number of carbonyl (C=O) groups is 1. The van der Waals surface area contributed by atoms with Crippen LogP contribution in [0.25, 0.3) is 6.08 Å². The van der Waals surface area contributed by atoms with Crippen LogP contribution in [-0.4, -0.2) is 19.6 Å². The van der Waals surface area contributed by atoms with Gasteiger partial charge in [0.2, 0.25) is 0 Å². The minimum Gasteiger partial charge on any atom is -0.493 e. The third-order valence-corrected chi connectivity index (χ3v) is 5.91. The number of amides is 1. The van der Waals surface area contributed by atoms with E-state index < -0.39 is 11.7 Å². The number of nitriles is 1. The molecule has 41 heavy (non-hydrogen) atoms. The van der Waals surface area contributed by atoms with E-state index in [1.165, 1.54) is 37.5 Å². The van der Waals surface area contributed by atoms with Crippen LogP contribution >= 0.6 is 0 Å². The summed E-state index contributed by atoms with van der Waals surface area (Å²) in [7, 11) is 1.51. The maximum atomic E-state index is 13.1. The minimum absolute atomic E-state index is 0.122. The number of anilines is 1. The van der Waals surface area contributed by atoms with Crippen LogP contribution in [0.4, 0.5) is 10.1 Å². The van der Waals surface area contributed by atoms with Gasteiger partial charge in [-0.2, -0.15) is 5.26 Å². The molecule has 1 N–H and O–H groups in total. The van der Waals surface area contributed by atoms with Gasteiger partial charge < -0.3 is 24.3 Å². The molecule has 0 aliphatic carbocycles. The molecule has 7 nitrogen and oxygen atoms in total. The second-order valence-corrected chi connectivity index (χ2v) is 8.82. The first-order chi connectivity index (χ1) is 20.0. The third-order valence-electron chi connectivity index (χ3n) is 5.91. The van der Waals surface area contributed by atoms with Gasteiger partial charge in [-0.25, -0.2) is 4.39 Å². The molecule has 0 aliphatic rings. The molecular formula is C33H29FN2O5. The number of nitrogens with zero attached hydrogens (tertiary/aromatic N) is 1. The highest BCUT2D eigenvalue weighted by molar-refractivity contribution is 6.09. The largest absolute Gasteiger partial charge is 0.493 e. The molecule has 8 heteroatoms. The zero-order valence-electron chi connectivity index (χ0n) is 22.7. The SMILES string of the molecule is CCOc1cc(COc2ccc(/C=C(\C#N)C(=O)Nc3ccc(F)cc3)cc2OC)ccc1OCc1ccccc1. The fourth-order valence-electron chi connectivity index (χ4n) is 3.87. The van der Waals surface area contributed by atoms with E-state index in [0.29, 0.717) is 47.5 Å². The lowest BCUT2D eigenvalue weighted by Crippen LogP contribution is -2.13. The van der Waals surface area contributed by atoms with Crippen molar-refractivity contribution in [2.45, 2.75) is 20.1 Å². The fourth-order valence-corrected chi connectivity index (χ4v) is 3.87. The van der Waals surface area contributed by atoms with Gasteiger partial charge in [-0.3, -0.25) is 4.79 Å². The average molecular weight is 553 g/mol. The number of methoxy groups -OCH3 is 1. The average Bonchev–Trinajstić information content (AvgIpc) is 3.00. The van der Waals surface area contributed by atoms with E-state index in [4.69, 9.17) is 18.9 Å². The van der Waals surface area contributed by atoms with Crippen LogP contribution in [0.15, 0.2) is 96.6 Å². The summed E-state index contributed by atoms with van der Waals surface area (Å²) < 4.78 is 36.4. The minimum atomic E-state index is -0.611. The molecule has 0 atom stereocenters. The van der Waals surface area contributed by atoms with Crippen molar-refractivity contribution in [3.05, 3.63) is 119 Å². The lowest BCUT2D eigenvalue weighted by molar-refractivity contribution is -0.112. The second kappa shape index (κ2) is 14.2. The Kier molecular flexibility index (Phi) is 9.94. The Hall–Kier alpha value is -5.29. The second-order valence-electron chi connectivity index (χ2n) is 8.82. The molecule has 4 aromatic carbocycles. The van der Waals surface area contributed by atoms with Crippen molar-refractivity contribution in [1.29, 1.82) is 5.26 Å². The van der Waals surface area contributed by atoms with Gasteiger partial charge in [0, 0.05) is 5.69 Å². The van der Waals surface area contributed by atoms with Crippen molar-refractivity contribution in [3.63, 3.8) is 0 Å². The predicted octanol–water partition coefficient (Wildman–Crippen LogP) is 6.94. The summed E-state index contributed by atoms with van der Waals surface area (Å²) >= 11 is 0. The molecule has 4 rings (SSSR count). The molecule has 4 aromatic rings. The molecule has 0 aliphatic heterocycles. The fraction of sp³-hybridized carbons (Fsp3) is 0.152. The molecule has 0 spiro atoms. The molecule has 0 unspecified atom stereocenters. The Morgan fingerprint density at radius 2 is 1.51 bits per heavy atom. The Labute approximate surface area is 238 Å². The first kappa shape index (κ1) is 28.7. The number of nitrogens with one attached hydrogen (secondary N) is 1. The van der Waals surface area contributed by atoms with Crippen LogP contribution in [0.3, 0.4) is 0 Å². The van der Waals surface area contributed by atoms with Crippen molar-refractivity contribution < 1.29 is 28.1 Å². The number of ether oxygens (including phenoxy) is 4. The summed E-state index contributed by atoms with van der Waals surface area (Å²) in [6.45, 7) is 3.07. The van der Waals surface area contributed by atoms with Crippen LogP contribution in [0.5, 0.6) is 23.0 Å². The van der Waals surface area contributed by atoms with Crippen LogP contribution < -0.4 is 24.3 Å². The highest BCUT2D eigenvalue weighted by Crippen LogP contribution is 2.32. The number of carbonyl (C=O) groups excluding carboxylic acids is 1. The molecular weight excluding hydrogens is 523 g/mol. The van der Waals surface area contributed by atoms with Crippen LogP contribution in [0, 0.1) is 17.1 Å². The molecule has 0 radical (unpaired) electrons. The summed E-state index contributed by atoms with van der Waals surface area (Å²) in [6.07, 6.45) is 1.44. The van der Waals surface area contributed by atoms with Gasteiger partial charge in [0.05, 0.1) is 13.7 Å². The number of halogens is 1. The molecule has 0 fully saturated rings. The topological polar surface area (TPSA) is 89.8 Å². The molecule has 208 valence electrons. The lowest BCUT2D eigenvalue weighted by Gasteiger charge is -2.15. The molecule has 0 aromatic heterocycles. The summed E-state index contributed by atoms with van der Waals surface area (Å²) in [4.78, 5) is 12.6. The van der Waals surface area contributed by atoms with E-state index in [-0.39, 0.29) is 12.2 Å². The van der Waals surface area contributed by atoms with Gasteiger partial charge in [0.15, 0.2) is 23.0 Å². The molecule has 0 saturated carbocycles. The third kappa shape index (κ3) is 8.10. The maximum absolute atomic E-state index is 13.1. The van der Waals surface area contributed by atoms with Gasteiger partial charge in [-0.15, -0.1) is 0 Å². The van der Waals surface area contributed by atoms with Crippen molar-refractivity contribution >= 4 is 17.7 Å². The Morgan fingerprint density at radius 3 is 2.20 bits per heavy atom. The van der Waals surface area contributed by atoms with Gasteiger partial charge in [0.1, 0.15) is 30.7 Å². The summed E-state index contributed by atoms with van der Waals surface area (Å²) in [6, 6.07) is 27.8. The molecule has 0 saturated heterocycles. The molecule has 0 heterocycles.